The molecule has 4 nitrogen and oxygen atoms in total. The minimum absolute atomic E-state index is 0.363. The molecule has 0 aliphatic rings. The second kappa shape index (κ2) is 5.30. The molecule has 0 aliphatic carbocycles. The molecule has 4 heteroatoms. The molecule has 0 radical (unpaired) electrons. The van der Waals surface area contributed by atoms with Gasteiger partial charge in [-0.05, 0) is 31.0 Å². The van der Waals surface area contributed by atoms with Crippen LogP contribution in [0.5, 0.6) is 0 Å². The number of nitrogens with one attached hydrogen (secondary N) is 1. The number of benzene rings is 1. The van der Waals surface area contributed by atoms with Crippen molar-refractivity contribution in [1.82, 2.24) is 5.32 Å². The highest BCUT2D eigenvalue weighted by Crippen LogP contribution is 2.05. The van der Waals surface area contributed by atoms with Gasteiger partial charge in [0.15, 0.2) is 0 Å². The molecule has 86 valence electrons. The summed E-state index contributed by atoms with van der Waals surface area (Å²) >= 11 is 0. The number of aliphatic carboxylic acids is 1. The first-order valence-corrected chi connectivity index (χ1v) is 5.17. The van der Waals surface area contributed by atoms with E-state index in [4.69, 9.17) is 5.11 Å². The summed E-state index contributed by atoms with van der Waals surface area (Å²) in [5.41, 5.74) is 1.62. The minimum Gasteiger partial charge on any atom is -0.480 e. The predicted molar refractivity (Wildman–Crippen MR) is 60.4 cm³/mol. The molecule has 1 aromatic carbocycles. The Morgan fingerprint density at radius 1 is 1.31 bits per heavy atom. The Balaban J connectivity index is 2.69. The number of rotatable bonds is 4. The topological polar surface area (TPSA) is 66.4 Å². The van der Waals surface area contributed by atoms with Crippen molar-refractivity contribution >= 4 is 11.9 Å². The SMILES string of the molecule is CCc1ccc(C(=O)N[C@@H](C)C(=O)O)cc1. The molecule has 1 rings (SSSR count). The molecule has 0 heterocycles. The van der Waals surface area contributed by atoms with Gasteiger partial charge in [0.25, 0.3) is 5.91 Å². The molecule has 0 spiro atoms. The van der Waals surface area contributed by atoms with Crippen LogP contribution in [0.4, 0.5) is 0 Å². The Morgan fingerprint density at radius 2 is 1.88 bits per heavy atom. The molecule has 0 bridgehead atoms. The molecular formula is C12H15NO3. The first-order valence-electron chi connectivity index (χ1n) is 5.17. The van der Waals surface area contributed by atoms with Gasteiger partial charge in [0, 0.05) is 5.56 Å². The summed E-state index contributed by atoms with van der Waals surface area (Å²) in [7, 11) is 0. The molecule has 16 heavy (non-hydrogen) atoms. The van der Waals surface area contributed by atoms with Crippen molar-refractivity contribution in [2.24, 2.45) is 0 Å². The standard InChI is InChI=1S/C12H15NO3/c1-3-9-4-6-10(7-5-9)11(14)13-8(2)12(15)16/h4-8H,3H2,1-2H3,(H,13,14)(H,15,16)/t8-/m0/s1. The van der Waals surface area contributed by atoms with Gasteiger partial charge in [0.1, 0.15) is 6.04 Å². The van der Waals surface area contributed by atoms with Crippen molar-refractivity contribution in [2.45, 2.75) is 26.3 Å². The highest BCUT2D eigenvalue weighted by Gasteiger charge is 2.14. The molecule has 2 N–H and O–H groups in total. The molecule has 0 aliphatic heterocycles. The number of hydrogen-bond acceptors (Lipinski definition) is 2. The maximum Gasteiger partial charge on any atom is 0.325 e. The first-order chi connectivity index (χ1) is 7.54. The monoisotopic (exact) mass is 221 g/mol. The molecule has 1 amide bonds. The van der Waals surface area contributed by atoms with Crippen LogP contribution in [0.3, 0.4) is 0 Å². The second-order valence-corrected chi connectivity index (χ2v) is 3.58. The first kappa shape index (κ1) is 12.2. The molecule has 0 fully saturated rings. The van der Waals surface area contributed by atoms with Gasteiger partial charge < -0.3 is 10.4 Å². The van der Waals surface area contributed by atoms with Crippen LogP contribution in [-0.4, -0.2) is 23.0 Å². The van der Waals surface area contributed by atoms with Crippen LogP contribution in [0, 0.1) is 0 Å². The van der Waals surface area contributed by atoms with Crippen LogP contribution in [-0.2, 0) is 11.2 Å². The van der Waals surface area contributed by atoms with Gasteiger partial charge in [0.2, 0.25) is 0 Å². The van der Waals surface area contributed by atoms with Crippen LogP contribution in [0.2, 0.25) is 0 Å². The van der Waals surface area contributed by atoms with E-state index in [0.717, 1.165) is 12.0 Å². The molecule has 0 saturated heterocycles. The lowest BCUT2D eigenvalue weighted by Crippen LogP contribution is -2.38. The normalized spacial score (nSPS) is 11.9. The number of aryl methyl sites for hydroxylation is 1. The van der Waals surface area contributed by atoms with Crippen LogP contribution >= 0.6 is 0 Å². The van der Waals surface area contributed by atoms with Crippen molar-refractivity contribution in [3.63, 3.8) is 0 Å². The number of carbonyl (C=O) groups excluding carboxylic acids is 1. The Labute approximate surface area is 94.3 Å². The van der Waals surface area contributed by atoms with E-state index < -0.39 is 12.0 Å². The molecule has 0 aromatic heterocycles. The molecule has 1 atom stereocenters. The predicted octanol–water partition coefficient (Wildman–Crippen LogP) is 1.45. The third kappa shape index (κ3) is 3.08. The fraction of sp³-hybridized carbons (Fsp3) is 0.333. The van der Waals surface area contributed by atoms with E-state index >= 15 is 0 Å². The van der Waals surface area contributed by atoms with E-state index in [9.17, 15) is 9.59 Å². The fourth-order valence-electron chi connectivity index (χ4n) is 1.23. The van der Waals surface area contributed by atoms with Crippen LogP contribution in [0.1, 0.15) is 29.8 Å². The van der Waals surface area contributed by atoms with Gasteiger partial charge >= 0.3 is 5.97 Å². The maximum atomic E-state index is 11.6. The lowest BCUT2D eigenvalue weighted by atomic mass is 10.1. The van der Waals surface area contributed by atoms with E-state index in [1.54, 1.807) is 12.1 Å². The number of carboxylic acids is 1. The lowest BCUT2D eigenvalue weighted by molar-refractivity contribution is -0.138. The van der Waals surface area contributed by atoms with Crippen molar-refractivity contribution in [3.8, 4) is 0 Å². The van der Waals surface area contributed by atoms with E-state index in [2.05, 4.69) is 5.32 Å². The Bertz CT molecular complexity index is 384. The van der Waals surface area contributed by atoms with Gasteiger partial charge in [-0.15, -0.1) is 0 Å². The highest BCUT2D eigenvalue weighted by molar-refractivity contribution is 5.96. The van der Waals surface area contributed by atoms with Crippen LogP contribution in [0.15, 0.2) is 24.3 Å². The van der Waals surface area contributed by atoms with Gasteiger partial charge in [-0.1, -0.05) is 19.1 Å². The largest absolute Gasteiger partial charge is 0.480 e. The minimum atomic E-state index is -1.04. The third-order valence-electron chi connectivity index (χ3n) is 2.34. The average Bonchev–Trinajstić information content (AvgIpc) is 2.28. The van der Waals surface area contributed by atoms with E-state index in [-0.39, 0.29) is 5.91 Å². The van der Waals surface area contributed by atoms with E-state index in [0.29, 0.717) is 5.56 Å². The van der Waals surface area contributed by atoms with Crippen molar-refractivity contribution in [2.75, 3.05) is 0 Å². The summed E-state index contributed by atoms with van der Waals surface area (Å²) in [5.74, 6) is -1.41. The average molecular weight is 221 g/mol. The zero-order valence-electron chi connectivity index (χ0n) is 9.36. The molecule has 0 unspecified atom stereocenters. The molecular weight excluding hydrogens is 206 g/mol. The molecule has 1 aromatic rings. The number of carbonyl (C=O) groups is 2. The van der Waals surface area contributed by atoms with Crippen molar-refractivity contribution < 1.29 is 14.7 Å². The smallest absolute Gasteiger partial charge is 0.325 e. The highest BCUT2D eigenvalue weighted by atomic mass is 16.4. The zero-order valence-corrected chi connectivity index (χ0v) is 9.36. The van der Waals surface area contributed by atoms with Gasteiger partial charge in [-0.2, -0.15) is 0 Å². The number of carboxylic acid groups (broad SMARTS) is 1. The summed E-state index contributed by atoms with van der Waals surface area (Å²) in [4.78, 5) is 22.1. The van der Waals surface area contributed by atoms with Crippen LogP contribution in [0.25, 0.3) is 0 Å². The third-order valence-corrected chi connectivity index (χ3v) is 2.34. The fourth-order valence-corrected chi connectivity index (χ4v) is 1.23. The van der Waals surface area contributed by atoms with Crippen molar-refractivity contribution in [1.29, 1.82) is 0 Å². The maximum absolute atomic E-state index is 11.6. The zero-order chi connectivity index (χ0) is 12.1. The van der Waals surface area contributed by atoms with Crippen LogP contribution < -0.4 is 5.32 Å². The summed E-state index contributed by atoms with van der Waals surface area (Å²) in [6.07, 6.45) is 0.910. The Morgan fingerprint density at radius 3 is 2.31 bits per heavy atom. The summed E-state index contributed by atoms with van der Waals surface area (Å²) in [6.45, 7) is 3.46. The number of hydrogen-bond donors (Lipinski definition) is 2. The molecule has 0 saturated carbocycles. The van der Waals surface area contributed by atoms with Gasteiger partial charge in [-0.3, -0.25) is 9.59 Å². The Hall–Kier alpha value is -1.84. The van der Waals surface area contributed by atoms with Gasteiger partial charge in [0.05, 0.1) is 0 Å². The Kier molecular flexibility index (Phi) is 4.05. The summed E-state index contributed by atoms with van der Waals surface area (Å²) < 4.78 is 0. The van der Waals surface area contributed by atoms with E-state index in [1.807, 2.05) is 19.1 Å². The quantitative estimate of drug-likeness (QED) is 0.808. The van der Waals surface area contributed by atoms with Gasteiger partial charge in [-0.25, -0.2) is 0 Å². The summed E-state index contributed by atoms with van der Waals surface area (Å²) in [6, 6.07) is 6.24. The number of amides is 1. The lowest BCUT2D eigenvalue weighted by Gasteiger charge is -2.09. The van der Waals surface area contributed by atoms with E-state index in [1.165, 1.54) is 6.92 Å². The summed E-state index contributed by atoms with van der Waals surface area (Å²) in [5, 5.41) is 11.0. The second-order valence-electron chi connectivity index (χ2n) is 3.58. The van der Waals surface area contributed by atoms with Crippen molar-refractivity contribution in [3.05, 3.63) is 35.4 Å².